The molecule has 0 radical (unpaired) electrons. The zero-order chi connectivity index (χ0) is 21.3. The van der Waals surface area contributed by atoms with Crippen molar-refractivity contribution in [3.8, 4) is 11.5 Å². The van der Waals surface area contributed by atoms with Crippen LogP contribution in [0, 0.1) is 11.7 Å². The topological polar surface area (TPSA) is 67.9 Å². The third-order valence-corrected chi connectivity index (χ3v) is 5.16. The molecule has 1 saturated heterocycles. The van der Waals surface area contributed by atoms with Gasteiger partial charge in [0, 0.05) is 19.6 Å². The normalized spacial score (nSPS) is 16.1. The van der Waals surface area contributed by atoms with Gasteiger partial charge in [-0.25, -0.2) is 4.39 Å². The standard InChI is InChI=1S/C23H27FN2O4/c1-29-21-10-9-17(14-20(21)24)15-25-23(28)18-6-5-12-26(16-18)22(27)11-13-30-19-7-3-2-4-8-19/h2-4,7-10,14,18H,5-6,11-13,15-16H2,1H3,(H,25,28). The molecule has 1 atom stereocenters. The molecule has 1 N–H and O–H groups in total. The number of ether oxygens (including phenoxy) is 2. The average molecular weight is 414 g/mol. The molecule has 0 aromatic heterocycles. The third kappa shape index (κ3) is 5.95. The van der Waals surface area contributed by atoms with Crippen LogP contribution in [0.4, 0.5) is 4.39 Å². The van der Waals surface area contributed by atoms with Gasteiger partial charge in [-0.2, -0.15) is 0 Å². The van der Waals surface area contributed by atoms with Gasteiger partial charge in [-0.1, -0.05) is 24.3 Å². The Labute approximate surface area is 176 Å². The minimum absolute atomic E-state index is 0.0133. The Balaban J connectivity index is 1.44. The highest BCUT2D eigenvalue weighted by Crippen LogP contribution is 2.20. The smallest absolute Gasteiger partial charge is 0.226 e. The Morgan fingerprint density at radius 3 is 2.73 bits per heavy atom. The number of rotatable bonds is 8. The highest BCUT2D eigenvalue weighted by atomic mass is 19.1. The lowest BCUT2D eigenvalue weighted by molar-refractivity contribution is -0.136. The van der Waals surface area contributed by atoms with Crippen molar-refractivity contribution in [1.29, 1.82) is 0 Å². The predicted molar refractivity (Wildman–Crippen MR) is 111 cm³/mol. The van der Waals surface area contributed by atoms with Crippen LogP contribution in [0.2, 0.25) is 0 Å². The van der Waals surface area contributed by atoms with Gasteiger partial charge in [0.25, 0.3) is 0 Å². The maximum absolute atomic E-state index is 13.8. The molecule has 2 aromatic rings. The molecule has 0 spiro atoms. The molecular formula is C23H27FN2O4. The van der Waals surface area contributed by atoms with Gasteiger partial charge < -0.3 is 19.7 Å². The van der Waals surface area contributed by atoms with E-state index in [9.17, 15) is 14.0 Å². The molecule has 1 heterocycles. The van der Waals surface area contributed by atoms with Gasteiger partial charge in [0.1, 0.15) is 5.75 Å². The molecule has 3 rings (SSSR count). The van der Waals surface area contributed by atoms with E-state index in [0.717, 1.165) is 18.6 Å². The summed E-state index contributed by atoms with van der Waals surface area (Å²) in [7, 11) is 1.41. The van der Waals surface area contributed by atoms with Crippen molar-refractivity contribution in [1.82, 2.24) is 10.2 Å². The first-order valence-corrected chi connectivity index (χ1v) is 10.1. The summed E-state index contributed by atoms with van der Waals surface area (Å²) in [4.78, 5) is 26.8. The van der Waals surface area contributed by atoms with E-state index in [-0.39, 0.29) is 36.4 Å². The van der Waals surface area contributed by atoms with Gasteiger partial charge in [0.15, 0.2) is 11.6 Å². The number of nitrogens with zero attached hydrogens (tertiary/aromatic N) is 1. The minimum Gasteiger partial charge on any atom is -0.494 e. The second-order valence-electron chi connectivity index (χ2n) is 7.28. The number of amides is 2. The van der Waals surface area contributed by atoms with Gasteiger partial charge in [-0.15, -0.1) is 0 Å². The van der Waals surface area contributed by atoms with Crippen LogP contribution >= 0.6 is 0 Å². The number of carbonyl (C=O) groups is 2. The molecule has 1 fully saturated rings. The molecule has 7 heteroatoms. The zero-order valence-corrected chi connectivity index (χ0v) is 17.1. The van der Waals surface area contributed by atoms with Crippen molar-refractivity contribution in [2.75, 3.05) is 26.8 Å². The summed E-state index contributed by atoms with van der Waals surface area (Å²) in [6.07, 6.45) is 1.78. The summed E-state index contributed by atoms with van der Waals surface area (Å²) >= 11 is 0. The monoisotopic (exact) mass is 414 g/mol. The minimum atomic E-state index is -0.462. The van der Waals surface area contributed by atoms with E-state index in [4.69, 9.17) is 9.47 Å². The molecule has 1 aliphatic rings. The molecule has 0 aliphatic carbocycles. The molecule has 1 unspecified atom stereocenters. The molecule has 0 bridgehead atoms. The number of nitrogens with one attached hydrogen (secondary N) is 1. The first kappa shape index (κ1) is 21.6. The van der Waals surface area contributed by atoms with Crippen LogP contribution in [0.1, 0.15) is 24.8 Å². The van der Waals surface area contributed by atoms with E-state index in [1.54, 1.807) is 11.0 Å². The Kier molecular flexibility index (Phi) is 7.65. The summed E-state index contributed by atoms with van der Waals surface area (Å²) < 4.78 is 24.3. The number of carbonyl (C=O) groups excluding carboxylic acids is 2. The molecule has 6 nitrogen and oxygen atoms in total. The van der Waals surface area contributed by atoms with E-state index < -0.39 is 5.82 Å². The maximum atomic E-state index is 13.8. The van der Waals surface area contributed by atoms with Crippen molar-refractivity contribution >= 4 is 11.8 Å². The van der Waals surface area contributed by atoms with Crippen molar-refractivity contribution in [2.24, 2.45) is 5.92 Å². The van der Waals surface area contributed by atoms with Crippen LogP contribution in [0.25, 0.3) is 0 Å². The second kappa shape index (κ2) is 10.6. The molecule has 2 aromatic carbocycles. The van der Waals surface area contributed by atoms with Crippen LogP contribution in [0.15, 0.2) is 48.5 Å². The zero-order valence-electron chi connectivity index (χ0n) is 17.1. The van der Waals surface area contributed by atoms with E-state index in [2.05, 4.69) is 5.32 Å². The number of hydrogen-bond donors (Lipinski definition) is 1. The van der Waals surface area contributed by atoms with Gasteiger partial charge in [-0.05, 0) is 42.7 Å². The van der Waals surface area contributed by atoms with Crippen LogP contribution < -0.4 is 14.8 Å². The van der Waals surface area contributed by atoms with Gasteiger partial charge in [0.05, 0.1) is 26.1 Å². The van der Waals surface area contributed by atoms with Crippen molar-refractivity contribution in [3.05, 3.63) is 59.9 Å². The lowest BCUT2D eigenvalue weighted by Gasteiger charge is -2.32. The molecule has 1 aliphatic heterocycles. The van der Waals surface area contributed by atoms with Gasteiger partial charge >= 0.3 is 0 Å². The number of piperidine rings is 1. The van der Waals surface area contributed by atoms with Crippen LogP contribution in [0.3, 0.4) is 0 Å². The number of para-hydroxylation sites is 1. The number of halogens is 1. The molecule has 2 amide bonds. The predicted octanol–water partition coefficient (Wildman–Crippen LogP) is 3.16. The lowest BCUT2D eigenvalue weighted by atomic mass is 9.96. The second-order valence-corrected chi connectivity index (χ2v) is 7.28. The summed E-state index contributed by atoms with van der Waals surface area (Å²) in [5.74, 6) is 0.0427. The highest BCUT2D eigenvalue weighted by Gasteiger charge is 2.28. The summed E-state index contributed by atoms with van der Waals surface area (Å²) in [6.45, 7) is 1.58. The third-order valence-electron chi connectivity index (χ3n) is 5.16. The van der Waals surface area contributed by atoms with Gasteiger partial charge in [-0.3, -0.25) is 9.59 Å². The van der Waals surface area contributed by atoms with Crippen LogP contribution in [-0.2, 0) is 16.1 Å². The molecule has 30 heavy (non-hydrogen) atoms. The van der Waals surface area contributed by atoms with E-state index in [1.165, 1.54) is 19.2 Å². The van der Waals surface area contributed by atoms with E-state index >= 15 is 0 Å². The summed E-state index contributed by atoms with van der Waals surface area (Å²) in [5, 5.41) is 2.85. The van der Waals surface area contributed by atoms with Crippen molar-refractivity contribution in [2.45, 2.75) is 25.8 Å². The Bertz CT molecular complexity index is 860. The van der Waals surface area contributed by atoms with Crippen molar-refractivity contribution < 1.29 is 23.5 Å². The molecular weight excluding hydrogens is 387 g/mol. The summed E-state index contributed by atoms with van der Waals surface area (Å²) in [6, 6.07) is 14.0. The summed E-state index contributed by atoms with van der Waals surface area (Å²) in [5.41, 5.74) is 0.656. The average Bonchev–Trinajstić information content (AvgIpc) is 2.78. The Hall–Kier alpha value is -3.09. The molecule has 160 valence electrons. The number of likely N-dealkylation sites (tertiary alicyclic amines) is 1. The number of methoxy groups -OCH3 is 1. The maximum Gasteiger partial charge on any atom is 0.226 e. The fourth-order valence-electron chi connectivity index (χ4n) is 3.50. The van der Waals surface area contributed by atoms with Crippen LogP contribution in [-0.4, -0.2) is 43.5 Å². The van der Waals surface area contributed by atoms with E-state index in [1.807, 2.05) is 30.3 Å². The van der Waals surface area contributed by atoms with E-state index in [0.29, 0.717) is 25.3 Å². The number of benzene rings is 2. The SMILES string of the molecule is COc1ccc(CNC(=O)C2CCCN(C(=O)CCOc3ccccc3)C2)cc1F. The fraction of sp³-hybridized carbons (Fsp3) is 0.391. The molecule has 0 saturated carbocycles. The highest BCUT2D eigenvalue weighted by molar-refractivity contribution is 5.81. The largest absolute Gasteiger partial charge is 0.494 e. The lowest BCUT2D eigenvalue weighted by Crippen LogP contribution is -2.45. The number of hydrogen-bond acceptors (Lipinski definition) is 4. The first-order valence-electron chi connectivity index (χ1n) is 10.1. The quantitative estimate of drug-likeness (QED) is 0.721. The Morgan fingerprint density at radius 1 is 1.20 bits per heavy atom. The van der Waals surface area contributed by atoms with Crippen molar-refractivity contribution in [3.63, 3.8) is 0 Å². The van der Waals surface area contributed by atoms with Crippen LogP contribution in [0.5, 0.6) is 11.5 Å². The Morgan fingerprint density at radius 2 is 2.00 bits per heavy atom. The fourth-order valence-corrected chi connectivity index (χ4v) is 3.50. The first-order chi connectivity index (χ1) is 14.6. The van der Waals surface area contributed by atoms with Gasteiger partial charge in [0.2, 0.25) is 11.8 Å².